The number of nitrogens with one attached hydrogen (secondary N) is 2. The van der Waals surface area contributed by atoms with Crippen LogP contribution in [0.1, 0.15) is 6.92 Å². The van der Waals surface area contributed by atoms with Gasteiger partial charge in [0, 0.05) is 4.47 Å². The molecule has 94 valence electrons. The zero-order valence-electron chi connectivity index (χ0n) is 9.55. The van der Waals surface area contributed by atoms with E-state index in [1.54, 1.807) is 19.1 Å². The molecule has 0 aliphatic rings. The predicted octanol–water partition coefficient (Wildman–Crippen LogP) is 1.97. The zero-order valence-corrected chi connectivity index (χ0v) is 11.1. The SMILES string of the molecule is CC(Oc1ccc(Br)cc1)C(=O)Nc1ncn[nH]1. The Bertz CT molecular complexity index is 512. The lowest BCUT2D eigenvalue weighted by Gasteiger charge is -2.13. The summed E-state index contributed by atoms with van der Waals surface area (Å²) in [5, 5.41) is 8.72. The Morgan fingerprint density at radius 2 is 2.17 bits per heavy atom. The number of nitrogens with zero attached hydrogens (tertiary/aromatic N) is 2. The minimum absolute atomic E-state index is 0.297. The van der Waals surface area contributed by atoms with Gasteiger partial charge in [0.25, 0.3) is 5.91 Å². The molecule has 6 nitrogen and oxygen atoms in total. The number of H-pyrrole nitrogens is 1. The number of aromatic nitrogens is 3. The maximum Gasteiger partial charge on any atom is 0.267 e. The van der Waals surface area contributed by atoms with Crippen molar-refractivity contribution in [3.63, 3.8) is 0 Å². The molecule has 18 heavy (non-hydrogen) atoms. The van der Waals surface area contributed by atoms with Crippen LogP contribution >= 0.6 is 15.9 Å². The molecule has 2 rings (SSSR count). The minimum Gasteiger partial charge on any atom is -0.481 e. The summed E-state index contributed by atoms with van der Waals surface area (Å²) < 4.78 is 6.44. The third-order valence-electron chi connectivity index (χ3n) is 2.15. The van der Waals surface area contributed by atoms with Crippen LogP contribution in [0.2, 0.25) is 0 Å². The minimum atomic E-state index is -0.628. The Hall–Kier alpha value is -1.89. The maximum atomic E-state index is 11.7. The highest BCUT2D eigenvalue weighted by atomic mass is 79.9. The molecule has 2 aromatic rings. The van der Waals surface area contributed by atoms with Crippen LogP contribution in [0.4, 0.5) is 5.95 Å². The largest absolute Gasteiger partial charge is 0.481 e. The summed E-state index contributed by atoms with van der Waals surface area (Å²) in [6.45, 7) is 1.66. The van der Waals surface area contributed by atoms with Crippen molar-refractivity contribution in [1.82, 2.24) is 15.2 Å². The molecule has 1 atom stereocenters. The van der Waals surface area contributed by atoms with Crippen molar-refractivity contribution < 1.29 is 9.53 Å². The number of amides is 1. The Balaban J connectivity index is 1.93. The first kappa shape index (κ1) is 12.6. The van der Waals surface area contributed by atoms with Crippen LogP contribution in [0.15, 0.2) is 35.1 Å². The first-order valence-electron chi connectivity index (χ1n) is 5.23. The second-order valence-corrected chi connectivity index (χ2v) is 4.45. The summed E-state index contributed by atoms with van der Waals surface area (Å²) in [4.78, 5) is 15.5. The molecule has 7 heteroatoms. The molecule has 2 N–H and O–H groups in total. The van der Waals surface area contributed by atoms with E-state index in [2.05, 4.69) is 36.4 Å². The zero-order chi connectivity index (χ0) is 13.0. The standard InChI is InChI=1S/C11H11BrN4O2/c1-7(10(17)15-11-13-6-14-16-11)18-9-4-2-8(12)3-5-9/h2-7H,1H3,(H2,13,14,15,16,17). The number of rotatable bonds is 4. The van der Waals surface area contributed by atoms with Gasteiger partial charge >= 0.3 is 0 Å². The third kappa shape index (κ3) is 3.30. The van der Waals surface area contributed by atoms with Crippen LogP contribution in [0.3, 0.4) is 0 Å². The fraction of sp³-hybridized carbons (Fsp3) is 0.182. The molecule has 0 radical (unpaired) electrons. The van der Waals surface area contributed by atoms with Crippen LogP contribution in [0, 0.1) is 0 Å². The fourth-order valence-corrected chi connectivity index (χ4v) is 1.52. The van der Waals surface area contributed by atoms with Crippen molar-refractivity contribution in [2.45, 2.75) is 13.0 Å². The van der Waals surface area contributed by atoms with Gasteiger partial charge < -0.3 is 4.74 Å². The van der Waals surface area contributed by atoms with Crippen molar-refractivity contribution >= 4 is 27.8 Å². The molecule has 1 amide bonds. The summed E-state index contributed by atoms with van der Waals surface area (Å²) in [6.07, 6.45) is 0.687. The van der Waals surface area contributed by atoms with E-state index in [1.165, 1.54) is 6.33 Å². The molecular formula is C11H11BrN4O2. The molecule has 0 saturated carbocycles. The van der Waals surface area contributed by atoms with E-state index >= 15 is 0 Å². The van der Waals surface area contributed by atoms with Gasteiger partial charge in [-0.25, -0.2) is 5.10 Å². The summed E-state index contributed by atoms with van der Waals surface area (Å²) in [6, 6.07) is 7.25. The van der Waals surface area contributed by atoms with E-state index in [0.29, 0.717) is 11.7 Å². The number of halogens is 1. The highest BCUT2D eigenvalue weighted by Gasteiger charge is 2.15. The number of anilines is 1. The van der Waals surface area contributed by atoms with Crippen LogP contribution in [0.5, 0.6) is 5.75 Å². The molecule has 0 spiro atoms. The van der Waals surface area contributed by atoms with Gasteiger partial charge in [0.15, 0.2) is 6.10 Å². The monoisotopic (exact) mass is 310 g/mol. The molecule has 1 heterocycles. The average molecular weight is 311 g/mol. The number of carbonyl (C=O) groups is 1. The van der Waals surface area contributed by atoms with Crippen LogP contribution in [-0.4, -0.2) is 27.2 Å². The number of aromatic amines is 1. The number of carbonyl (C=O) groups excluding carboxylic acids is 1. The molecule has 0 aliphatic heterocycles. The average Bonchev–Trinajstić information content (AvgIpc) is 2.85. The highest BCUT2D eigenvalue weighted by molar-refractivity contribution is 9.10. The predicted molar refractivity (Wildman–Crippen MR) is 69.2 cm³/mol. The number of hydrogen-bond acceptors (Lipinski definition) is 4. The van der Waals surface area contributed by atoms with Crippen molar-refractivity contribution in [2.75, 3.05) is 5.32 Å². The fourth-order valence-electron chi connectivity index (χ4n) is 1.25. The topological polar surface area (TPSA) is 79.9 Å². The van der Waals surface area contributed by atoms with E-state index in [4.69, 9.17) is 4.74 Å². The Labute approximate surface area is 112 Å². The van der Waals surface area contributed by atoms with Crippen LogP contribution < -0.4 is 10.1 Å². The van der Waals surface area contributed by atoms with Gasteiger partial charge in [-0.05, 0) is 31.2 Å². The van der Waals surface area contributed by atoms with E-state index in [-0.39, 0.29) is 5.91 Å². The lowest BCUT2D eigenvalue weighted by Crippen LogP contribution is -2.30. The second kappa shape index (κ2) is 5.63. The van der Waals surface area contributed by atoms with Gasteiger partial charge in [-0.1, -0.05) is 15.9 Å². The first-order valence-corrected chi connectivity index (χ1v) is 6.03. The molecule has 1 unspecified atom stereocenters. The number of hydrogen-bond donors (Lipinski definition) is 2. The van der Waals surface area contributed by atoms with Crippen LogP contribution in [-0.2, 0) is 4.79 Å². The van der Waals surface area contributed by atoms with Crippen molar-refractivity contribution in [3.8, 4) is 5.75 Å². The maximum absolute atomic E-state index is 11.7. The lowest BCUT2D eigenvalue weighted by atomic mass is 10.3. The van der Waals surface area contributed by atoms with Gasteiger partial charge in [0.2, 0.25) is 5.95 Å². The van der Waals surface area contributed by atoms with E-state index in [1.807, 2.05) is 12.1 Å². The number of ether oxygens (including phenoxy) is 1. The summed E-state index contributed by atoms with van der Waals surface area (Å²) >= 11 is 3.33. The van der Waals surface area contributed by atoms with Gasteiger partial charge in [-0.15, -0.1) is 0 Å². The van der Waals surface area contributed by atoms with Gasteiger partial charge in [-0.2, -0.15) is 10.1 Å². The van der Waals surface area contributed by atoms with Crippen molar-refractivity contribution in [2.24, 2.45) is 0 Å². The van der Waals surface area contributed by atoms with Crippen LogP contribution in [0.25, 0.3) is 0 Å². The lowest BCUT2D eigenvalue weighted by molar-refractivity contribution is -0.122. The van der Waals surface area contributed by atoms with E-state index < -0.39 is 6.10 Å². The molecule has 1 aromatic heterocycles. The van der Waals surface area contributed by atoms with Gasteiger partial charge in [0.05, 0.1) is 0 Å². The van der Waals surface area contributed by atoms with Gasteiger partial charge in [0.1, 0.15) is 12.1 Å². The van der Waals surface area contributed by atoms with Crippen molar-refractivity contribution in [1.29, 1.82) is 0 Å². The van der Waals surface area contributed by atoms with Crippen molar-refractivity contribution in [3.05, 3.63) is 35.1 Å². The number of benzene rings is 1. The summed E-state index contributed by atoms with van der Waals surface area (Å²) in [7, 11) is 0. The van der Waals surface area contributed by atoms with E-state index in [9.17, 15) is 4.79 Å². The van der Waals surface area contributed by atoms with E-state index in [0.717, 1.165) is 4.47 Å². The molecule has 0 bridgehead atoms. The Morgan fingerprint density at radius 3 is 2.78 bits per heavy atom. The summed E-state index contributed by atoms with van der Waals surface area (Å²) in [5.74, 6) is 0.624. The molecule has 0 saturated heterocycles. The third-order valence-corrected chi connectivity index (χ3v) is 2.68. The second-order valence-electron chi connectivity index (χ2n) is 3.54. The first-order chi connectivity index (χ1) is 8.65. The van der Waals surface area contributed by atoms with Gasteiger partial charge in [-0.3, -0.25) is 10.1 Å². The summed E-state index contributed by atoms with van der Waals surface area (Å²) in [5.41, 5.74) is 0. The molecule has 1 aromatic carbocycles. The quantitative estimate of drug-likeness (QED) is 0.905. The molecule has 0 aliphatic carbocycles. The molecule has 0 fully saturated rings. The highest BCUT2D eigenvalue weighted by Crippen LogP contribution is 2.17. The smallest absolute Gasteiger partial charge is 0.267 e. The molecular weight excluding hydrogens is 300 g/mol. The normalized spacial score (nSPS) is 11.9. The Kier molecular flexibility index (Phi) is 3.93. The Morgan fingerprint density at radius 1 is 1.44 bits per heavy atom.